The topological polar surface area (TPSA) is 80.9 Å². The summed E-state index contributed by atoms with van der Waals surface area (Å²) in [6.07, 6.45) is 13.2. The van der Waals surface area contributed by atoms with E-state index in [1.807, 2.05) is 0 Å². The molecule has 6 atom stereocenters. The van der Waals surface area contributed by atoms with Gasteiger partial charge in [0, 0.05) is 26.4 Å². The summed E-state index contributed by atoms with van der Waals surface area (Å²) in [6.45, 7) is 18.4. The fourth-order valence-corrected chi connectivity index (χ4v) is 6.38. The summed E-state index contributed by atoms with van der Waals surface area (Å²) in [7, 11) is 0. The Hall–Kier alpha value is -0.160. The second-order valence-electron chi connectivity index (χ2n) is 10.9. The first-order chi connectivity index (χ1) is 16.3. The highest BCUT2D eigenvalue weighted by Gasteiger charge is 2.39. The van der Waals surface area contributed by atoms with E-state index in [4.69, 9.17) is 0 Å². The van der Waals surface area contributed by atoms with Crippen molar-refractivity contribution < 1.29 is 20.4 Å². The standard InChI is InChI=1S/C16H34O2.C14H30O2/c1-5-9-11-16(8-4,13-18)15(10-6-2)14(7-3)12-17;1-5-8-9-14(7-3,11-16)13(6-2)12(4)10-15/h14-15,17-18H,5-13H2,1-4H3;12-13,15-16H,5-11H2,1-4H3. The molecule has 0 amide bonds. The van der Waals surface area contributed by atoms with E-state index in [2.05, 4.69) is 55.4 Å². The molecule has 0 saturated heterocycles. The van der Waals surface area contributed by atoms with Crippen LogP contribution in [0.5, 0.6) is 0 Å². The molecule has 4 nitrogen and oxygen atoms in total. The highest BCUT2D eigenvalue weighted by atomic mass is 16.3. The van der Waals surface area contributed by atoms with Gasteiger partial charge in [-0.15, -0.1) is 0 Å². The Balaban J connectivity index is 0. The van der Waals surface area contributed by atoms with E-state index in [0.29, 0.717) is 17.8 Å². The number of hydrogen-bond acceptors (Lipinski definition) is 4. The second kappa shape index (κ2) is 21.0. The number of hydrogen-bond donors (Lipinski definition) is 4. The van der Waals surface area contributed by atoms with Crippen molar-refractivity contribution in [2.24, 2.45) is 34.5 Å². The van der Waals surface area contributed by atoms with Crippen molar-refractivity contribution in [1.29, 1.82) is 0 Å². The van der Waals surface area contributed by atoms with Gasteiger partial charge in [0.15, 0.2) is 0 Å². The van der Waals surface area contributed by atoms with Gasteiger partial charge in [0.1, 0.15) is 0 Å². The van der Waals surface area contributed by atoms with Gasteiger partial charge in [0.05, 0.1) is 0 Å². The Bertz CT molecular complexity index is 428. The smallest absolute Gasteiger partial charge is 0.0490 e. The molecule has 0 aromatic carbocycles. The van der Waals surface area contributed by atoms with Crippen LogP contribution in [0.25, 0.3) is 0 Å². The van der Waals surface area contributed by atoms with Crippen molar-refractivity contribution >= 4 is 0 Å². The number of rotatable bonds is 20. The maximum Gasteiger partial charge on any atom is 0.0490 e. The van der Waals surface area contributed by atoms with E-state index in [-0.39, 0.29) is 43.2 Å². The quantitative estimate of drug-likeness (QED) is 0.146. The predicted molar refractivity (Wildman–Crippen MR) is 148 cm³/mol. The van der Waals surface area contributed by atoms with Crippen molar-refractivity contribution in [2.45, 2.75) is 132 Å². The summed E-state index contributed by atoms with van der Waals surface area (Å²) >= 11 is 0. The van der Waals surface area contributed by atoms with Crippen LogP contribution in [0.1, 0.15) is 132 Å². The van der Waals surface area contributed by atoms with Gasteiger partial charge in [-0.05, 0) is 66.6 Å². The Labute approximate surface area is 214 Å². The average Bonchev–Trinajstić information content (AvgIpc) is 2.88. The molecule has 0 aliphatic carbocycles. The lowest BCUT2D eigenvalue weighted by Gasteiger charge is -2.43. The van der Waals surface area contributed by atoms with Gasteiger partial charge in [-0.3, -0.25) is 0 Å². The SMILES string of the molecule is CCCCC(CC)(CO)C(CC)C(C)CO.CCCCC(CC)(CO)C(CCC)C(CC)CO. The molecule has 0 fully saturated rings. The van der Waals surface area contributed by atoms with Crippen LogP contribution in [0.3, 0.4) is 0 Å². The highest BCUT2D eigenvalue weighted by Crippen LogP contribution is 2.44. The average molecular weight is 489 g/mol. The lowest BCUT2D eigenvalue weighted by atomic mass is 9.63. The summed E-state index contributed by atoms with van der Waals surface area (Å²) in [5.41, 5.74) is 0.0440. The maximum atomic E-state index is 9.96. The maximum absolute atomic E-state index is 9.96. The zero-order valence-corrected chi connectivity index (χ0v) is 24.4. The molecule has 0 aromatic heterocycles. The molecule has 0 aliphatic rings. The van der Waals surface area contributed by atoms with Crippen LogP contribution in [0.15, 0.2) is 0 Å². The molecule has 0 spiro atoms. The molecule has 0 rings (SSSR count). The zero-order chi connectivity index (χ0) is 26.6. The zero-order valence-electron chi connectivity index (χ0n) is 24.4. The van der Waals surface area contributed by atoms with Crippen LogP contribution in [0, 0.1) is 34.5 Å². The lowest BCUT2D eigenvalue weighted by molar-refractivity contribution is -0.00784. The van der Waals surface area contributed by atoms with E-state index in [1.165, 1.54) is 25.7 Å². The summed E-state index contributed by atoms with van der Waals surface area (Å²) in [4.78, 5) is 0. The molecule has 0 heterocycles. The number of unbranched alkanes of at least 4 members (excludes halogenated alkanes) is 2. The van der Waals surface area contributed by atoms with Gasteiger partial charge >= 0.3 is 0 Å². The van der Waals surface area contributed by atoms with Gasteiger partial charge in [0.2, 0.25) is 0 Å². The van der Waals surface area contributed by atoms with Crippen LogP contribution in [0.4, 0.5) is 0 Å². The Morgan fingerprint density at radius 2 is 1.06 bits per heavy atom. The third kappa shape index (κ3) is 10.8. The normalized spacial score (nSPS) is 18.7. The molecule has 4 heteroatoms. The molecule has 0 saturated carbocycles. The third-order valence-corrected chi connectivity index (χ3v) is 9.01. The van der Waals surface area contributed by atoms with E-state index in [0.717, 1.165) is 51.4 Å². The van der Waals surface area contributed by atoms with Gasteiger partial charge < -0.3 is 20.4 Å². The van der Waals surface area contributed by atoms with Gasteiger partial charge in [-0.25, -0.2) is 0 Å². The number of aliphatic hydroxyl groups is 4. The Kier molecular flexibility index (Phi) is 22.2. The van der Waals surface area contributed by atoms with Crippen LogP contribution in [-0.2, 0) is 0 Å². The largest absolute Gasteiger partial charge is 0.396 e. The molecule has 4 N–H and O–H groups in total. The fraction of sp³-hybridized carbons (Fsp3) is 1.00. The first-order valence-electron chi connectivity index (χ1n) is 14.7. The van der Waals surface area contributed by atoms with E-state index >= 15 is 0 Å². The molecule has 208 valence electrons. The molecule has 34 heavy (non-hydrogen) atoms. The fourth-order valence-electron chi connectivity index (χ4n) is 6.38. The van der Waals surface area contributed by atoms with E-state index in [9.17, 15) is 20.4 Å². The van der Waals surface area contributed by atoms with Gasteiger partial charge in [-0.2, -0.15) is 0 Å². The van der Waals surface area contributed by atoms with E-state index < -0.39 is 0 Å². The first kappa shape index (κ1) is 36.0. The highest BCUT2D eigenvalue weighted by molar-refractivity contribution is 4.89. The number of aliphatic hydroxyl groups excluding tert-OH is 4. The second-order valence-corrected chi connectivity index (χ2v) is 10.9. The molecule has 0 radical (unpaired) electrons. The van der Waals surface area contributed by atoms with Gasteiger partial charge in [-0.1, -0.05) is 100 Å². The van der Waals surface area contributed by atoms with Crippen LogP contribution in [0.2, 0.25) is 0 Å². The van der Waals surface area contributed by atoms with Crippen molar-refractivity contribution in [3.8, 4) is 0 Å². The molecule has 0 aliphatic heterocycles. The minimum atomic E-state index is 0.0207. The molecule has 0 bridgehead atoms. The van der Waals surface area contributed by atoms with Crippen molar-refractivity contribution in [1.82, 2.24) is 0 Å². The summed E-state index contributed by atoms with van der Waals surface area (Å²) < 4.78 is 0. The monoisotopic (exact) mass is 488 g/mol. The molecule has 6 unspecified atom stereocenters. The van der Waals surface area contributed by atoms with Crippen molar-refractivity contribution in [3.63, 3.8) is 0 Å². The van der Waals surface area contributed by atoms with Crippen molar-refractivity contribution in [3.05, 3.63) is 0 Å². The van der Waals surface area contributed by atoms with Gasteiger partial charge in [0.25, 0.3) is 0 Å². The lowest BCUT2D eigenvalue weighted by Crippen LogP contribution is -2.39. The molecular weight excluding hydrogens is 424 g/mol. The summed E-state index contributed by atoms with van der Waals surface area (Å²) in [5.74, 6) is 1.51. The van der Waals surface area contributed by atoms with Crippen LogP contribution in [-0.4, -0.2) is 46.9 Å². The third-order valence-electron chi connectivity index (χ3n) is 9.01. The Morgan fingerprint density at radius 1 is 0.588 bits per heavy atom. The minimum Gasteiger partial charge on any atom is -0.396 e. The molecule has 0 aromatic rings. The summed E-state index contributed by atoms with van der Waals surface area (Å²) in [6, 6.07) is 0. The first-order valence-corrected chi connectivity index (χ1v) is 14.7. The Morgan fingerprint density at radius 3 is 1.32 bits per heavy atom. The van der Waals surface area contributed by atoms with Crippen LogP contribution >= 0.6 is 0 Å². The van der Waals surface area contributed by atoms with Crippen molar-refractivity contribution in [2.75, 3.05) is 26.4 Å². The minimum absolute atomic E-state index is 0.0207. The predicted octanol–water partition coefficient (Wildman–Crippen LogP) is 7.22. The van der Waals surface area contributed by atoms with Crippen LogP contribution < -0.4 is 0 Å². The molecular formula is C30H64O4. The van der Waals surface area contributed by atoms with E-state index in [1.54, 1.807) is 0 Å². The summed E-state index contributed by atoms with van der Waals surface area (Å²) in [5, 5.41) is 38.7.